The molecule has 0 bridgehead atoms. The summed E-state index contributed by atoms with van der Waals surface area (Å²) in [5, 5.41) is 27.6. The van der Waals surface area contributed by atoms with E-state index in [2.05, 4.69) is 20.9 Å². The molecule has 0 saturated carbocycles. The minimum atomic E-state index is -1.57. The number of aliphatic carboxylic acids is 1. The number of aliphatic hydroxyl groups excluding tert-OH is 1. The van der Waals surface area contributed by atoms with Crippen molar-refractivity contribution in [3.05, 3.63) is 36.0 Å². The maximum Gasteiger partial charge on any atom is 0.326 e. The molecule has 15 nitrogen and oxygen atoms in total. The van der Waals surface area contributed by atoms with E-state index in [9.17, 15) is 39.0 Å². The Kier molecular flexibility index (Phi) is 11.6. The van der Waals surface area contributed by atoms with Gasteiger partial charge in [0, 0.05) is 36.4 Å². The summed E-state index contributed by atoms with van der Waals surface area (Å²) in [6, 6.07) is 1.58. The average molecular weight is 562 g/mol. The predicted molar refractivity (Wildman–Crippen MR) is 142 cm³/mol. The van der Waals surface area contributed by atoms with Gasteiger partial charge in [0.1, 0.15) is 18.1 Å². The van der Waals surface area contributed by atoms with E-state index in [0.29, 0.717) is 5.56 Å². The zero-order valence-corrected chi connectivity index (χ0v) is 21.9. The van der Waals surface area contributed by atoms with Crippen molar-refractivity contribution in [3.63, 3.8) is 0 Å². The first-order valence-corrected chi connectivity index (χ1v) is 12.5. The highest BCUT2D eigenvalue weighted by atomic mass is 16.4. The molecule has 1 aromatic carbocycles. The Morgan fingerprint density at radius 1 is 0.875 bits per heavy atom. The lowest BCUT2D eigenvalue weighted by atomic mass is 10.0. The van der Waals surface area contributed by atoms with E-state index in [-0.39, 0.29) is 32.1 Å². The molecule has 12 N–H and O–H groups in total. The number of hydrogen-bond acceptors (Lipinski definition) is 8. The summed E-state index contributed by atoms with van der Waals surface area (Å²) in [6.07, 6.45) is -0.807. The molecule has 5 unspecified atom stereocenters. The first-order valence-electron chi connectivity index (χ1n) is 12.5. The van der Waals surface area contributed by atoms with Gasteiger partial charge < -0.3 is 48.3 Å². The summed E-state index contributed by atoms with van der Waals surface area (Å²) in [5.74, 6) is -5.57. The topological polar surface area (TPSA) is 273 Å². The van der Waals surface area contributed by atoms with Crippen molar-refractivity contribution in [2.75, 3.05) is 0 Å². The van der Waals surface area contributed by atoms with Crippen molar-refractivity contribution in [3.8, 4) is 0 Å². The molecule has 218 valence electrons. The molecule has 0 aliphatic heterocycles. The van der Waals surface area contributed by atoms with Crippen LogP contribution in [0.15, 0.2) is 30.5 Å². The van der Waals surface area contributed by atoms with Crippen molar-refractivity contribution in [1.29, 1.82) is 0 Å². The van der Waals surface area contributed by atoms with Crippen LogP contribution in [0.5, 0.6) is 0 Å². The summed E-state index contributed by atoms with van der Waals surface area (Å²) in [5.41, 5.74) is 17.4. The zero-order chi connectivity index (χ0) is 30.0. The molecule has 5 amide bonds. The number of rotatable bonds is 16. The second-order valence-electron chi connectivity index (χ2n) is 9.37. The molecule has 1 heterocycles. The SMILES string of the molecule is CC(O)C(NC(=O)C(N)CCC(N)=O)C(=O)NC(CCC(N)=O)C(=O)NC(Cc1c[nH]c2ccccc12)C(=O)O. The van der Waals surface area contributed by atoms with Gasteiger partial charge in [0.05, 0.1) is 12.1 Å². The third-order valence-corrected chi connectivity index (χ3v) is 6.13. The van der Waals surface area contributed by atoms with Crippen LogP contribution in [0.2, 0.25) is 0 Å². The summed E-state index contributed by atoms with van der Waals surface area (Å²) >= 11 is 0. The number of hydrogen-bond donors (Lipinski definition) is 9. The Morgan fingerprint density at radius 3 is 2.08 bits per heavy atom. The summed E-state index contributed by atoms with van der Waals surface area (Å²) in [7, 11) is 0. The largest absolute Gasteiger partial charge is 0.480 e. The van der Waals surface area contributed by atoms with Gasteiger partial charge in [-0.2, -0.15) is 0 Å². The number of para-hydroxylation sites is 1. The third kappa shape index (κ3) is 9.36. The molecule has 0 aliphatic rings. The van der Waals surface area contributed by atoms with Crippen LogP contribution in [0.4, 0.5) is 0 Å². The number of nitrogens with two attached hydrogens (primary N) is 3. The van der Waals surface area contributed by atoms with E-state index in [4.69, 9.17) is 17.2 Å². The molecule has 2 aromatic rings. The summed E-state index contributed by atoms with van der Waals surface area (Å²) < 4.78 is 0. The Hall–Kier alpha value is -4.50. The second kappa shape index (κ2) is 14.6. The Bertz CT molecular complexity index is 1240. The molecular weight excluding hydrogens is 526 g/mol. The third-order valence-electron chi connectivity index (χ3n) is 6.13. The fourth-order valence-electron chi connectivity index (χ4n) is 3.90. The smallest absolute Gasteiger partial charge is 0.326 e. The van der Waals surface area contributed by atoms with Gasteiger partial charge in [0.2, 0.25) is 29.5 Å². The van der Waals surface area contributed by atoms with Gasteiger partial charge in [-0.3, -0.25) is 24.0 Å². The van der Waals surface area contributed by atoms with Crippen LogP contribution >= 0.6 is 0 Å². The number of benzene rings is 1. The standard InChI is InChI=1S/C25H35N7O8/c1-12(33)21(32-22(36)15(26)6-8-19(27)34)24(38)30-17(7-9-20(28)35)23(37)31-18(25(39)40)10-13-11-29-16-5-3-2-4-14(13)16/h2-5,11-12,15,17-18,21,29,33H,6-10,26H2,1H3,(H2,27,34)(H2,28,35)(H,30,38)(H,31,37)(H,32,36)(H,39,40). The normalized spacial score (nSPS) is 14.8. The molecule has 0 fully saturated rings. The molecule has 2 rings (SSSR count). The van der Waals surface area contributed by atoms with Crippen LogP contribution < -0.4 is 33.2 Å². The number of nitrogens with one attached hydrogen (secondary N) is 4. The molecule has 0 spiro atoms. The highest BCUT2D eigenvalue weighted by Gasteiger charge is 2.33. The van der Waals surface area contributed by atoms with Crippen LogP contribution in [0.3, 0.4) is 0 Å². The second-order valence-corrected chi connectivity index (χ2v) is 9.37. The number of aromatic nitrogens is 1. The quantitative estimate of drug-likeness (QED) is 0.104. The number of aliphatic hydroxyl groups is 1. The average Bonchev–Trinajstić information content (AvgIpc) is 3.29. The van der Waals surface area contributed by atoms with E-state index in [0.717, 1.165) is 10.9 Å². The van der Waals surface area contributed by atoms with Crippen LogP contribution in [-0.4, -0.2) is 81.0 Å². The summed E-state index contributed by atoms with van der Waals surface area (Å²) in [6.45, 7) is 1.21. The first kappa shape index (κ1) is 31.7. The van der Waals surface area contributed by atoms with Crippen molar-refractivity contribution in [2.24, 2.45) is 17.2 Å². The molecule has 0 radical (unpaired) electrons. The van der Waals surface area contributed by atoms with Gasteiger partial charge in [0.15, 0.2) is 0 Å². The maximum absolute atomic E-state index is 13.1. The number of carboxylic acid groups (broad SMARTS) is 1. The minimum Gasteiger partial charge on any atom is -0.480 e. The monoisotopic (exact) mass is 561 g/mol. The van der Waals surface area contributed by atoms with Crippen molar-refractivity contribution in [1.82, 2.24) is 20.9 Å². The van der Waals surface area contributed by atoms with Gasteiger partial charge in [-0.25, -0.2) is 4.79 Å². The van der Waals surface area contributed by atoms with E-state index in [1.165, 1.54) is 6.92 Å². The van der Waals surface area contributed by atoms with Gasteiger partial charge in [0.25, 0.3) is 0 Å². The molecule has 1 aromatic heterocycles. The number of fused-ring (bicyclic) bond motifs is 1. The Labute approximate surface area is 229 Å². The van der Waals surface area contributed by atoms with Gasteiger partial charge in [-0.15, -0.1) is 0 Å². The number of carbonyl (C=O) groups is 6. The highest BCUT2D eigenvalue weighted by Crippen LogP contribution is 2.19. The van der Waals surface area contributed by atoms with Crippen LogP contribution in [0.1, 0.15) is 38.2 Å². The number of H-pyrrole nitrogens is 1. The van der Waals surface area contributed by atoms with E-state index < -0.39 is 65.8 Å². The van der Waals surface area contributed by atoms with Crippen LogP contribution in [0, 0.1) is 0 Å². The lowest BCUT2D eigenvalue weighted by Crippen LogP contribution is -2.60. The number of carboxylic acids is 1. The number of primary amides is 2. The lowest BCUT2D eigenvalue weighted by Gasteiger charge is -2.26. The first-order chi connectivity index (χ1) is 18.8. The van der Waals surface area contributed by atoms with E-state index in [1.807, 2.05) is 12.1 Å². The molecule has 15 heteroatoms. The zero-order valence-electron chi connectivity index (χ0n) is 21.9. The van der Waals surface area contributed by atoms with Crippen LogP contribution in [0.25, 0.3) is 10.9 Å². The molecule has 5 atom stereocenters. The van der Waals surface area contributed by atoms with Crippen molar-refractivity contribution < 1.29 is 39.0 Å². The van der Waals surface area contributed by atoms with Gasteiger partial charge in [-0.1, -0.05) is 18.2 Å². The van der Waals surface area contributed by atoms with Crippen LogP contribution in [-0.2, 0) is 35.2 Å². The van der Waals surface area contributed by atoms with Crippen molar-refractivity contribution >= 4 is 46.4 Å². The summed E-state index contributed by atoms with van der Waals surface area (Å²) in [4.78, 5) is 75.8. The Balaban J connectivity index is 2.17. The molecule has 0 aliphatic carbocycles. The predicted octanol–water partition coefficient (Wildman–Crippen LogP) is -2.51. The molecule has 40 heavy (non-hydrogen) atoms. The number of aromatic amines is 1. The lowest BCUT2D eigenvalue weighted by molar-refractivity contribution is -0.142. The fourth-order valence-corrected chi connectivity index (χ4v) is 3.90. The number of amides is 5. The van der Waals surface area contributed by atoms with Gasteiger partial charge in [-0.05, 0) is 31.4 Å². The van der Waals surface area contributed by atoms with E-state index in [1.54, 1.807) is 18.3 Å². The molecular formula is C25H35N7O8. The van der Waals surface area contributed by atoms with Crippen molar-refractivity contribution in [2.45, 2.75) is 69.3 Å². The highest BCUT2D eigenvalue weighted by molar-refractivity contribution is 5.95. The minimum absolute atomic E-state index is 0.0862. The Morgan fingerprint density at radius 2 is 1.48 bits per heavy atom. The number of carbonyl (C=O) groups excluding carboxylic acids is 5. The molecule has 0 saturated heterocycles. The van der Waals surface area contributed by atoms with E-state index >= 15 is 0 Å². The maximum atomic E-state index is 13.1. The van der Waals surface area contributed by atoms with Gasteiger partial charge >= 0.3 is 5.97 Å². The fraction of sp³-hybridized carbons (Fsp3) is 0.440.